The maximum absolute atomic E-state index is 12.6. The molecule has 0 spiro atoms. The van der Waals surface area contributed by atoms with E-state index < -0.39 is 24.2 Å². The quantitative estimate of drug-likeness (QED) is 0.0361. The number of allylic oxidation sites excluding steroid dienone is 3. The monoisotopic (exact) mass is 916 g/mol. The number of aliphatic hydroxyl groups excluding tert-OH is 3. The summed E-state index contributed by atoms with van der Waals surface area (Å²) >= 11 is 0. The van der Waals surface area contributed by atoms with Crippen LogP contribution < -0.4 is 5.32 Å². The Bertz CT molecular complexity index is 967. The Morgan fingerprint density at radius 2 is 0.615 bits per heavy atom. The molecule has 5 heteroatoms. The van der Waals surface area contributed by atoms with Gasteiger partial charge in [-0.25, -0.2) is 0 Å². The molecular weight excluding hydrogens is 799 g/mol. The summed E-state index contributed by atoms with van der Waals surface area (Å²) in [6.07, 6.45) is 71.3. The van der Waals surface area contributed by atoms with Crippen molar-refractivity contribution >= 4 is 5.91 Å². The van der Waals surface area contributed by atoms with Crippen molar-refractivity contribution in [1.82, 2.24) is 5.32 Å². The Morgan fingerprint density at radius 3 is 0.892 bits per heavy atom. The standard InChI is InChI=1S/C60H117NO4/c1-3-5-7-9-11-13-15-17-19-21-23-25-26-27-28-29-30-31-32-33-34-35-37-39-41-43-45-47-49-51-53-55-59(64)60(65)61-57(56-62)58(63)54-52-50-48-46-44-42-40-38-36-24-22-20-18-16-14-12-10-8-6-4-2/h27-28,52,54,57-59,62-64H,3-26,29-51,53,55-56H2,1-2H3,(H,61,65)/b28-27-,54-52+. The largest absolute Gasteiger partial charge is 0.394 e. The Balaban J connectivity index is 3.52. The second-order valence-electron chi connectivity index (χ2n) is 20.6. The fourth-order valence-electron chi connectivity index (χ4n) is 9.42. The van der Waals surface area contributed by atoms with E-state index in [0.717, 1.165) is 32.1 Å². The normalized spacial score (nSPS) is 13.4. The molecule has 0 aliphatic heterocycles. The van der Waals surface area contributed by atoms with Crippen molar-refractivity contribution in [2.24, 2.45) is 0 Å². The number of aliphatic hydroxyl groups is 3. The van der Waals surface area contributed by atoms with E-state index >= 15 is 0 Å². The van der Waals surface area contributed by atoms with Crippen molar-refractivity contribution < 1.29 is 20.1 Å². The second-order valence-corrected chi connectivity index (χ2v) is 20.6. The lowest BCUT2D eigenvalue weighted by molar-refractivity contribution is -0.131. The summed E-state index contributed by atoms with van der Waals surface area (Å²) in [5.41, 5.74) is 0. The maximum Gasteiger partial charge on any atom is 0.249 e. The van der Waals surface area contributed by atoms with Gasteiger partial charge >= 0.3 is 0 Å². The summed E-state index contributed by atoms with van der Waals surface area (Å²) in [6, 6.07) is -0.796. The number of unbranched alkanes of at least 4 members (excludes halogenated alkanes) is 45. The van der Waals surface area contributed by atoms with Gasteiger partial charge in [-0.1, -0.05) is 308 Å². The molecule has 65 heavy (non-hydrogen) atoms. The Kier molecular flexibility index (Phi) is 54.4. The van der Waals surface area contributed by atoms with Crippen LogP contribution in [0.15, 0.2) is 24.3 Å². The first-order valence-electron chi connectivity index (χ1n) is 29.7. The molecule has 1 amide bonds. The summed E-state index contributed by atoms with van der Waals surface area (Å²) in [6.45, 7) is 4.22. The van der Waals surface area contributed by atoms with Crippen LogP contribution in [-0.4, -0.2) is 46.1 Å². The van der Waals surface area contributed by atoms with Gasteiger partial charge in [0.25, 0.3) is 0 Å². The van der Waals surface area contributed by atoms with Gasteiger partial charge in [-0.2, -0.15) is 0 Å². The number of hydrogen-bond donors (Lipinski definition) is 4. The number of hydrogen-bond acceptors (Lipinski definition) is 4. The number of nitrogens with one attached hydrogen (secondary N) is 1. The number of rotatable bonds is 55. The fourth-order valence-corrected chi connectivity index (χ4v) is 9.42. The van der Waals surface area contributed by atoms with Gasteiger partial charge in [0.05, 0.1) is 18.8 Å². The molecule has 0 rings (SSSR count). The van der Waals surface area contributed by atoms with Crippen molar-refractivity contribution in [3.8, 4) is 0 Å². The van der Waals surface area contributed by atoms with E-state index in [1.54, 1.807) is 6.08 Å². The van der Waals surface area contributed by atoms with Gasteiger partial charge in [0.1, 0.15) is 6.10 Å². The smallest absolute Gasteiger partial charge is 0.249 e. The molecule has 0 fully saturated rings. The summed E-state index contributed by atoms with van der Waals surface area (Å²) in [7, 11) is 0. The Morgan fingerprint density at radius 1 is 0.369 bits per heavy atom. The first-order valence-corrected chi connectivity index (χ1v) is 29.7. The summed E-state index contributed by atoms with van der Waals surface area (Å²) in [5.74, 6) is -0.497. The molecule has 4 N–H and O–H groups in total. The van der Waals surface area contributed by atoms with Crippen molar-refractivity contribution in [3.63, 3.8) is 0 Å². The van der Waals surface area contributed by atoms with Crippen LogP contribution in [-0.2, 0) is 4.79 Å². The third-order valence-corrected chi connectivity index (χ3v) is 14.0. The van der Waals surface area contributed by atoms with Crippen molar-refractivity contribution in [1.29, 1.82) is 0 Å². The van der Waals surface area contributed by atoms with E-state index in [-0.39, 0.29) is 6.61 Å². The Labute approximate surface area is 407 Å². The molecule has 0 aromatic rings. The third-order valence-electron chi connectivity index (χ3n) is 14.0. The van der Waals surface area contributed by atoms with E-state index in [1.165, 1.54) is 276 Å². The lowest BCUT2D eigenvalue weighted by Gasteiger charge is -2.21. The van der Waals surface area contributed by atoms with Gasteiger partial charge in [0.2, 0.25) is 5.91 Å². The van der Waals surface area contributed by atoms with Gasteiger partial charge in [0.15, 0.2) is 0 Å². The van der Waals surface area contributed by atoms with E-state index in [2.05, 4.69) is 31.3 Å². The molecule has 3 unspecified atom stereocenters. The van der Waals surface area contributed by atoms with Crippen LogP contribution in [0.4, 0.5) is 0 Å². The van der Waals surface area contributed by atoms with Crippen molar-refractivity contribution in [2.75, 3.05) is 6.61 Å². The van der Waals surface area contributed by atoms with Gasteiger partial charge < -0.3 is 20.6 Å². The Hall–Kier alpha value is -1.17. The van der Waals surface area contributed by atoms with Crippen LogP contribution in [0.5, 0.6) is 0 Å². The van der Waals surface area contributed by atoms with Crippen LogP contribution in [0.25, 0.3) is 0 Å². The van der Waals surface area contributed by atoms with E-state index in [4.69, 9.17) is 0 Å². The predicted octanol–water partition coefficient (Wildman–Crippen LogP) is 18.5. The highest BCUT2D eigenvalue weighted by Crippen LogP contribution is 2.18. The minimum absolute atomic E-state index is 0.360. The van der Waals surface area contributed by atoms with Crippen LogP contribution in [0.3, 0.4) is 0 Å². The highest BCUT2D eigenvalue weighted by molar-refractivity contribution is 5.80. The molecule has 386 valence electrons. The van der Waals surface area contributed by atoms with Crippen LogP contribution >= 0.6 is 0 Å². The topological polar surface area (TPSA) is 89.8 Å². The fraction of sp³-hybridized carbons (Fsp3) is 0.917. The second kappa shape index (κ2) is 55.4. The first kappa shape index (κ1) is 63.8. The SMILES string of the molecule is CCCCCCCCCCCCCC/C=C\CCCCCCCCCCCCCCCCCC(O)C(=O)NC(CO)C(O)/C=C/CCCCCCCCCCCCCCCCCCCC. The molecule has 5 nitrogen and oxygen atoms in total. The minimum atomic E-state index is -1.10. The lowest BCUT2D eigenvalue weighted by Crippen LogP contribution is -2.48. The zero-order chi connectivity index (χ0) is 47.2. The van der Waals surface area contributed by atoms with Crippen molar-refractivity contribution in [2.45, 2.75) is 347 Å². The lowest BCUT2D eigenvalue weighted by atomic mass is 10.0. The molecule has 0 saturated heterocycles. The van der Waals surface area contributed by atoms with E-state index in [0.29, 0.717) is 6.42 Å². The van der Waals surface area contributed by atoms with E-state index in [9.17, 15) is 20.1 Å². The average Bonchev–Trinajstić information content (AvgIpc) is 3.31. The highest BCUT2D eigenvalue weighted by Gasteiger charge is 2.22. The molecule has 0 aliphatic carbocycles. The van der Waals surface area contributed by atoms with Crippen molar-refractivity contribution in [3.05, 3.63) is 24.3 Å². The van der Waals surface area contributed by atoms with Gasteiger partial charge in [-0.15, -0.1) is 0 Å². The molecule has 0 radical (unpaired) electrons. The van der Waals surface area contributed by atoms with Gasteiger partial charge in [-0.3, -0.25) is 4.79 Å². The maximum atomic E-state index is 12.6. The third kappa shape index (κ3) is 50.5. The van der Waals surface area contributed by atoms with Crippen LogP contribution in [0.1, 0.15) is 328 Å². The number of carbonyl (C=O) groups is 1. The number of carbonyl (C=O) groups excluding carboxylic acids is 1. The average molecular weight is 917 g/mol. The van der Waals surface area contributed by atoms with Gasteiger partial charge in [0, 0.05) is 0 Å². The van der Waals surface area contributed by atoms with Crippen LogP contribution in [0, 0.1) is 0 Å². The molecule has 0 aromatic carbocycles. The molecular formula is C60H117NO4. The molecule has 0 bridgehead atoms. The summed E-state index contributed by atoms with van der Waals surface area (Å²) in [5, 5.41) is 33.4. The molecule has 0 aliphatic rings. The summed E-state index contributed by atoms with van der Waals surface area (Å²) < 4.78 is 0. The minimum Gasteiger partial charge on any atom is -0.394 e. The number of amides is 1. The predicted molar refractivity (Wildman–Crippen MR) is 287 cm³/mol. The molecule has 0 saturated carbocycles. The molecule has 3 atom stereocenters. The zero-order valence-corrected chi connectivity index (χ0v) is 44.1. The summed E-state index contributed by atoms with van der Waals surface area (Å²) in [4.78, 5) is 12.6. The molecule has 0 heterocycles. The zero-order valence-electron chi connectivity index (χ0n) is 44.1. The highest BCUT2D eigenvalue weighted by atomic mass is 16.3. The molecule has 0 aromatic heterocycles. The van der Waals surface area contributed by atoms with E-state index in [1.807, 2.05) is 6.08 Å². The first-order chi connectivity index (χ1) is 32.1. The van der Waals surface area contributed by atoms with Crippen LogP contribution in [0.2, 0.25) is 0 Å². The van der Waals surface area contributed by atoms with Gasteiger partial charge in [-0.05, 0) is 44.9 Å².